The number of piperidine rings is 1. The summed E-state index contributed by atoms with van der Waals surface area (Å²) in [6.07, 6.45) is 4.29. The Morgan fingerprint density at radius 3 is 2.74 bits per heavy atom. The zero-order valence-electron chi connectivity index (χ0n) is 17.3. The van der Waals surface area contributed by atoms with Crippen molar-refractivity contribution in [2.24, 2.45) is 10.9 Å². The van der Waals surface area contributed by atoms with Crippen LogP contribution in [0.25, 0.3) is 0 Å². The first-order valence-corrected chi connectivity index (χ1v) is 10.2. The number of guanidine groups is 1. The van der Waals surface area contributed by atoms with Gasteiger partial charge in [-0.3, -0.25) is 9.79 Å². The van der Waals surface area contributed by atoms with E-state index in [9.17, 15) is 4.79 Å². The van der Waals surface area contributed by atoms with E-state index in [4.69, 9.17) is 4.74 Å². The molecule has 2 heterocycles. The number of carbonyl (C=O) groups is 1. The van der Waals surface area contributed by atoms with E-state index in [1.165, 1.54) is 26.1 Å². The third-order valence-electron chi connectivity index (χ3n) is 5.30. The molecule has 2 saturated heterocycles. The van der Waals surface area contributed by atoms with Gasteiger partial charge in [0.15, 0.2) is 5.96 Å². The van der Waals surface area contributed by atoms with Crippen molar-refractivity contribution in [3.63, 3.8) is 0 Å². The Labute approximate surface area is 181 Å². The summed E-state index contributed by atoms with van der Waals surface area (Å²) in [4.78, 5) is 23.6. The van der Waals surface area contributed by atoms with Gasteiger partial charge in [-0.15, -0.1) is 24.0 Å². The SMILES string of the molecule is CCOC(=O)C1CCCN(C(=NC)NCCCN2CCCN(C)CC2)C1.I. The van der Waals surface area contributed by atoms with Crippen LogP contribution in [-0.4, -0.2) is 99.7 Å². The lowest BCUT2D eigenvalue weighted by atomic mass is 9.98. The van der Waals surface area contributed by atoms with Crippen molar-refractivity contribution in [1.29, 1.82) is 0 Å². The monoisotopic (exact) mass is 495 g/mol. The van der Waals surface area contributed by atoms with Crippen LogP contribution in [0.3, 0.4) is 0 Å². The highest BCUT2D eigenvalue weighted by Gasteiger charge is 2.28. The van der Waals surface area contributed by atoms with Gasteiger partial charge < -0.3 is 24.8 Å². The fourth-order valence-electron chi connectivity index (χ4n) is 3.78. The van der Waals surface area contributed by atoms with Crippen molar-refractivity contribution in [2.45, 2.75) is 32.6 Å². The Morgan fingerprint density at radius 1 is 1.19 bits per heavy atom. The van der Waals surface area contributed by atoms with E-state index in [2.05, 4.69) is 32.1 Å². The molecule has 0 aromatic carbocycles. The third-order valence-corrected chi connectivity index (χ3v) is 5.30. The first-order valence-electron chi connectivity index (χ1n) is 10.2. The van der Waals surface area contributed by atoms with Crippen molar-refractivity contribution >= 4 is 35.9 Å². The number of ether oxygens (including phenoxy) is 1. The molecule has 1 N–H and O–H groups in total. The molecule has 2 aliphatic rings. The molecule has 7 nitrogen and oxygen atoms in total. The van der Waals surface area contributed by atoms with Crippen LogP contribution in [-0.2, 0) is 9.53 Å². The molecule has 0 aromatic heterocycles. The smallest absolute Gasteiger partial charge is 0.310 e. The molecular formula is C19H38IN5O2. The van der Waals surface area contributed by atoms with Crippen LogP contribution in [0.4, 0.5) is 0 Å². The van der Waals surface area contributed by atoms with E-state index in [-0.39, 0.29) is 35.9 Å². The van der Waals surface area contributed by atoms with Gasteiger partial charge in [0.05, 0.1) is 12.5 Å². The molecule has 1 unspecified atom stereocenters. The van der Waals surface area contributed by atoms with Gasteiger partial charge in [0.1, 0.15) is 0 Å². The number of hydrogen-bond donors (Lipinski definition) is 1. The lowest BCUT2D eigenvalue weighted by molar-refractivity contribution is -0.149. The van der Waals surface area contributed by atoms with Gasteiger partial charge in [-0.2, -0.15) is 0 Å². The molecule has 1 atom stereocenters. The van der Waals surface area contributed by atoms with Gasteiger partial charge in [-0.05, 0) is 59.3 Å². The van der Waals surface area contributed by atoms with Crippen molar-refractivity contribution in [3.8, 4) is 0 Å². The van der Waals surface area contributed by atoms with Crippen LogP contribution in [0.2, 0.25) is 0 Å². The Bertz CT molecular complexity index is 463. The highest BCUT2D eigenvalue weighted by molar-refractivity contribution is 14.0. The molecule has 2 fully saturated rings. The zero-order valence-corrected chi connectivity index (χ0v) is 19.6. The number of aliphatic imine (C=N–C) groups is 1. The number of hydrogen-bond acceptors (Lipinski definition) is 5. The van der Waals surface area contributed by atoms with E-state index in [1.54, 1.807) is 0 Å². The molecule has 0 amide bonds. The highest BCUT2D eigenvalue weighted by atomic mass is 127. The topological polar surface area (TPSA) is 60.4 Å². The Balaban J connectivity index is 0.00000364. The van der Waals surface area contributed by atoms with Gasteiger partial charge in [0.2, 0.25) is 0 Å². The maximum atomic E-state index is 12.0. The summed E-state index contributed by atoms with van der Waals surface area (Å²) in [6.45, 7) is 10.8. The number of halogens is 1. The van der Waals surface area contributed by atoms with Crippen LogP contribution < -0.4 is 5.32 Å². The molecule has 2 aliphatic heterocycles. The second-order valence-corrected chi connectivity index (χ2v) is 7.36. The average molecular weight is 495 g/mol. The number of likely N-dealkylation sites (N-methyl/N-ethyl adjacent to an activating group) is 1. The van der Waals surface area contributed by atoms with Crippen molar-refractivity contribution in [2.75, 3.05) is 73.1 Å². The summed E-state index contributed by atoms with van der Waals surface area (Å²) in [5.74, 6) is 0.810. The van der Waals surface area contributed by atoms with Crippen LogP contribution in [0, 0.1) is 5.92 Å². The fraction of sp³-hybridized carbons (Fsp3) is 0.895. The van der Waals surface area contributed by atoms with Crippen LogP contribution in [0.1, 0.15) is 32.6 Å². The Morgan fingerprint density at radius 2 is 2.00 bits per heavy atom. The quantitative estimate of drug-likeness (QED) is 0.198. The summed E-state index contributed by atoms with van der Waals surface area (Å²) >= 11 is 0. The molecule has 2 rings (SSSR count). The van der Waals surface area contributed by atoms with Crippen molar-refractivity contribution < 1.29 is 9.53 Å². The number of rotatable bonds is 6. The van der Waals surface area contributed by atoms with E-state index < -0.39 is 0 Å². The lowest BCUT2D eigenvalue weighted by Gasteiger charge is -2.34. The maximum absolute atomic E-state index is 12.0. The van der Waals surface area contributed by atoms with E-state index in [0.717, 1.165) is 51.4 Å². The predicted molar refractivity (Wildman–Crippen MR) is 121 cm³/mol. The molecular weight excluding hydrogens is 457 g/mol. The number of nitrogens with one attached hydrogen (secondary N) is 1. The third kappa shape index (κ3) is 8.51. The first kappa shape index (κ1) is 24.4. The van der Waals surface area contributed by atoms with E-state index in [0.29, 0.717) is 13.2 Å². The van der Waals surface area contributed by atoms with Crippen molar-refractivity contribution in [3.05, 3.63) is 0 Å². The lowest BCUT2D eigenvalue weighted by Crippen LogP contribution is -2.48. The minimum absolute atomic E-state index is 0. The van der Waals surface area contributed by atoms with Gasteiger partial charge in [-0.1, -0.05) is 0 Å². The first-order chi connectivity index (χ1) is 12.6. The van der Waals surface area contributed by atoms with Crippen LogP contribution >= 0.6 is 24.0 Å². The number of esters is 1. The Hall–Kier alpha value is -0.610. The van der Waals surface area contributed by atoms with Crippen LogP contribution in [0.5, 0.6) is 0 Å². The van der Waals surface area contributed by atoms with Gasteiger partial charge in [0.25, 0.3) is 0 Å². The summed E-state index contributed by atoms with van der Waals surface area (Å²) < 4.78 is 5.19. The van der Waals surface area contributed by atoms with E-state index >= 15 is 0 Å². The highest BCUT2D eigenvalue weighted by Crippen LogP contribution is 2.18. The van der Waals surface area contributed by atoms with E-state index in [1.807, 2.05) is 14.0 Å². The molecule has 0 bridgehead atoms. The average Bonchev–Trinajstić information content (AvgIpc) is 2.86. The summed E-state index contributed by atoms with van der Waals surface area (Å²) in [5, 5.41) is 3.48. The second kappa shape index (κ2) is 13.5. The predicted octanol–water partition coefficient (Wildman–Crippen LogP) is 1.48. The Kier molecular flexibility index (Phi) is 12.3. The largest absolute Gasteiger partial charge is 0.466 e. The van der Waals surface area contributed by atoms with Gasteiger partial charge in [-0.25, -0.2) is 0 Å². The molecule has 0 spiro atoms. The standard InChI is InChI=1S/C19H37N5O2.HI/c1-4-26-18(25)17-8-5-13-24(16-17)19(20-2)21-9-6-11-23-12-7-10-22(3)14-15-23;/h17H,4-16H2,1-3H3,(H,20,21);1H. The van der Waals surface area contributed by atoms with Gasteiger partial charge >= 0.3 is 5.97 Å². The molecule has 0 aliphatic carbocycles. The van der Waals surface area contributed by atoms with Crippen molar-refractivity contribution in [1.82, 2.24) is 20.0 Å². The fourth-order valence-corrected chi connectivity index (χ4v) is 3.78. The zero-order chi connectivity index (χ0) is 18.8. The van der Waals surface area contributed by atoms with Crippen LogP contribution in [0.15, 0.2) is 4.99 Å². The number of carbonyl (C=O) groups excluding carboxylic acids is 1. The molecule has 8 heteroatoms. The maximum Gasteiger partial charge on any atom is 0.310 e. The number of nitrogens with zero attached hydrogens (tertiary/aromatic N) is 4. The summed E-state index contributed by atoms with van der Waals surface area (Å²) in [5.41, 5.74) is 0. The molecule has 0 aromatic rings. The summed E-state index contributed by atoms with van der Waals surface area (Å²) in [7, 11) is 4.03. The second-order valence-electron chi connectivity index (χ2n) is 7.36. The molecule has 0 saturated carbocycles. The number of likely N-dealkylation sites (tertiary alicyclic amines) is 1. The molecule has 158 valence electrons. The summed E-state index contributed by atoms with van der Waals surface area (Å²) in [6, 6.07) is 0. The normalized spacial score (nSPS) is 22.7. The van der Waals surface area contributed by atoms with Gasteiger partial charge in [0, 0.05) is 39.8 Å². The minimum Gasteiger partial charge on any atom is -0.466 e. The molecule has 27 heavy (non-hydrogen) atoms. The minimum atomic E-state index is -0.0706. The molecule has 0 radical (unpaired) electrons.